The Bertz CT molecular complexity index is 846. The molecule has 0 N–H and O–H groups in total. The number of rotatable bonds is 2. The lowest BCUT2D eigenvalue weighted by Gasteiger charge is -2.08. The van der Waals surface area contributed by atoms with Gasteiger partial charge >= 0.3 is 5.69 Å². The van der Waals surface area contributed by atoms with Gasteiger partial charge in [-0.15, -0.1) is 0 Å². The largest absolute Gasteiger partial charge is 0.481 e. The van der Waals surface area contributed by atoms with Gasteiger partial charge in [-0.1, -0.05) is 12.1 Å². The maximum Gasteiger partial charge on any atom is 0.333 e. The predicted molar refractivity (Wildman–Crippen MR) is 77.6 cm³/mol. The van der Waals surface area contributed by atoms with Gasteiger partial charge in [-0.2, -0.15) is 0 Å². The molecule has 5 nitrogen and oxygen atoms in total. The summed E-state index contributed by atoms with van der Waals surface area (Å²) in [4.78, 5) is 16.8. The molecule has 20 heavy (non-hydrogen) atoms. The van der Waals surface area contributed by atoms with Gasteiger partial charge in [-0.3, -0.25) is 9.13 Å². The fraction of sp³-hybridized carbons (Fsp3) is 0.200. The summed E-state index contributed by atoms with van der Waals surface area (Å²) in [5.74, 6) is 0.541. The van der Waals surface area contributed by atoms with E-state index in [1.807, 2.05) is 37.3 Å². The molecule has 0 radical (unpaired) electrons. The van der Waals surface area contributed by atoms with Gasteiger partial charge in [0.2, 0.25) is 5.88 Å². The number of para-hydroxylation sites is 2. The second-order valence-electron chi connectivity index (χ2n) is 4.62. The first kappa shape index (κ1) is 12.5. The molecule has 0 amide bonds. The quantitative estimate of drug-likeness (QED) is 0.715. The van der Waals surface area contributed by atoms with E-state index in [0.29, 0.717) is 5.88 Å². The van der Waals surface area contributed by atoms with Gasteiger partial charge in [0, 0.05) is 13.1 Å². The normalized spacial score (nSPS) is 10.9. The Labute approximate surface area is 116 Å². The second-order valence-corrected chi connectivity index (χ2v) is 4.62. The van der Waals surface area contributed by atoms with Gasteiger partial charge in [0.15, 0.2) is 0 Å². The Balaban J connectivity index is 2.35. The molecule has 5 heteroatoms. The van der Waals surface area contributed by atoms with Crippen molar-refractivity contribution in [3.8, 4) is 11.6 Å². The second kappa shape index (κ2) is 4.52. The lowest BCUT2D eigenvalue weighted by atomic mass is 10.2. The number of nitrogens with zero attached hydrogens (tertiary/aromatic N) is 3. The number of benzene rings is 1. The summed E-state index contributed by atoms with van der Waals surface area (Å²) in [6, 6.07) is 11.3. The Kier molecular flexibility index (Phi) is 2.82. The van der Waals surface area contributed by atoms with Crippen LogP contribution in [0.25, 0.3) is 16.7 Å². The van der Waals surface area contributed by atoms with E-state index in [1.54, 1.807) is 29.4 Å². The van der Waals surface area contributed by atoms with E-state index < -0.39 is 0 Å². The van der Waals surface area contributed by atoms with Crippen LogP contribution in [0.15, 0.2) is 41.2 Å². The third-order valence-electron chi connectivity index (χ3n) is 3.44. The van der Waals surface area contributed by atoms with E-state index in [9.17, 15) is 4.79 Å². The molecule has 0 aliphatic heterocycles. The summed E-state index contributed by atoms with van der Waals surface area (Å²) in [6.07, 6.45) is 0. The zero-order valence-corrected chi connectivity index (χ0v) is 11.6. The van der Waals surface area contributed by atoms with Crippen molar-refractivity contribution >= 4 is 11.0 Å². The summed E-state index contributed by atoms with van der Waals surface area (Å²) in [7, 11) is 3.35. The number of hydrogen-bond donors (Lipinski definition) is 0. The van der Waals surface area contributed by atoms with Crippen LogP contribution in [0, 0.1) is 6.92 Å². The summed E-state index contributed by atoms with van der Waals surface area (Å²) >= 11 is 0. The molecule has 0 unspecified atom stereocenters. The molecule has 2 heterocycles. The number of hydrogen-bond acceptors (Lipinski definition) is 3. The van der Waals surface area contributed by atoms with Crippen LogP contribution in [0.2, 0.25) is 0 Å². The molecule has 2 aromatic heterocycles. The lowest BCUT2D eigenvalue weighted by molar-refractivity contribution is 0.397. The fourth-order valence-electron chi connectivity index (χ4n) is 2.41. The number of fused-ring (bicyclic) bond motifs is 1. The van der Waals surface area contributed by atoms with Gasteiger partial charge in [-0.05, 0) is 25.1 Å². The Hall–Kier alpha value is -2.56. The van der Waals surface area contributed by atoms with Crippen molar-refractivity contribution in [1.82, 2.24) is 14.1 Å². The summed E-state index contributed by atoms with van der Waals surface area (Å²) in [5.41, 5.74) is 3.21. The van der Waals surface area contributed by atoms with Crippen molar-refractivity contribution in [2.75, 3.05) is 7.11 Å². The maximum atomic E-state index is 12.5. The van der Waals surface area contributed by atoms with Crippen molar-refractivity contribution in [3.63, 3.8) is 0 Å². The van der Waals surface area contributed by atoms with Crippen LogP contribution in [0.5, 0.6) is 5.88 Å². The van der Waals surface area contributed by atoms with Crippen LogP contribution in [0.1, 0.15) is 5.69 Å². The minimum Gasteiger partial charge on any atom is -0.481 e. The standard InChI is InChI=1S/C15H15N3O2/c1-10-11(8-9-14(16-10)20-3)18-13-7-5-4-6-12(13)17(2)15(18)19/h4-9H,1-3H3. The van der Waals surface area contributed by atoms with Crippen LogP contribution in [0.3, 0.4) is 0 Å². The van der Waals surface area contributed by atoms with Gasteiger partial charge in [0.1, 0.15) is 0 Å². The highest BCUT2D eigenvalue weighted by Crippen LogP contribution is 2.20. The smallest absolute Gasteiger partial charge is 0.333 e. The minimum absolute atomic E-state index is 0.0822. The Morgan fingerprint density at radius 2 is 1.80 bits per heavy atom. The first-order valence-corrected chi connectivity index (χ1v) is 6.32. The monoisotopic (exact) mass is 269 g/mol. The first-order chi connectivity index (χ1) is 9.63. The van der Waals surface area contributed by atoms with Crippen molar-refractivity contribution in [2.24, 2.45) is 7.05 Å². The predicted octanol–water partition coefficient (Wildman–Crippen LogP) is 2.04. The molecule has 0 saturated heterocycles. The van der Waals surface area contributed by atoms with Crippen LogP contribution < -0.4 is 10.4 Å². The number of pyridine rings is 1. The highest BCUT2D eigenvalue weighted by atomic mass is 16.5. The molecule has 0 saturated carbocycles. The number of aromatic nitrogens is 3. The summed E-state index contributed by atoms with van der Waals surface area (Å²) in [5, 5.41) is 0. The van der Waals surface area contributed by atoms with Gasteiger partial charge in [-0.25, -0.2) is 9.78 Å². The first-order valence-electron chi connectivity index (χ1n) is 6.32. The average molecular weight is 269 g/mol. The highest BCUT2D eigenvalue weighted by molar-refractivity contribution is 5.78. The average Bonchev–Trinajstić information content (AvgIpc) is 2.72. The van der Waals surface area contributed by atoms with Gasteiger partial charge < -0.3 is 4.74 Å². The molecule has 102 valence electrons. The van der Waals surface area contributed by atoms with E-state index in [1.165, 1.54) is 0 Å². The molecule has 0 aliphatic rings. The molecule has 3 aromatic rings. The van der Waals surface area contributed by atoms with Crippen molar-refractivity contribution in [1.29, 1.82) is 0 Å². The SMILES string of the molecule is COc1ccc(-n2c(=O)n(C)c3ccccc32)c(C)n1. The Morgan fingerprint density at radius 3 is 2.45 bits per heavy atom. The van der Waals surface area contributed by atoms with Crippen molar-refractivity contribution in [2.45, 2.75) is 6.92 Å². The molecule has 0 bridgehead atoms. The molecular weight excluding hydrogens is 254 g/mol. The number of ether oxygens (including phenoxy) is 1. The van der Waals surface area contributed by atoms with Crippen LogP contribution in [-0.2, 0) is 7.05 Å². The van der Waals surface area contributed by atoms with Crippen LogP contribution in [0.4, 0.5) is 0 Å². The van der Waals surface area contributed by atoms with Gasteiger partial charge in [0.25, 0.3) is 0 Å². The van der Waals surface area contributed by atoms with Crippen molar-refractivity contribution in [3.05, 3.63) is 52.6 Å². The highest BCUT2D eigenvalue weighted by Gasteiger charge is 2.14. The third kappa shape index (κ3) is 1.71. The fourth-order valence-corrected chi connectivity index (χ4v) is 2.41. The molecule has 0 fully saturated rings. The van der Waals surface area contributed by atoms with Crippen molar-refractivity contribution < 1.29 is 4.74 Å². The third-order valence-corrected chi connectivity index (χ3v) is 3.44. The Morgan fingerprint density at radius 1 is 1.10 bits per heavy atom. The molecule has 0 aliphatic carbocycles. The summed E-state index contributed by atoms with van der Waals surface area (Å²) in [6.45, 7) is 1.87. The van der Waals surface area contributed by atoms with E-state index in [0.717, 1.165) is 22.4 Å². The van der Waals surface area contributed by atoms with E-state index >= 15 is 0 Å². The number of methoxy groups -OCH3 is 1. The number of aryl methyl sites for hydroxylation is 2. The van der Waals surface area contributed by atoms with Crippen LogP contribution >= 0.6 is 0 Å². The van der Waals surface area contributed by atoms with Gasteiger partial charge in [0.05, 0.1) is 29.5 Å². The summed E-state index contributed by atoms with van der Waals surface area (Å²) < 4.78 is 8.42. The minimum atomic E-state index is -0.0822. The maximum absolute atomic E-state index is 12.5. The zero-order valence-electron chi connectivity index (χ0n) is 11.6. The molecule has 1 aromatic carbocycles. The van der Waals surface area contributed by atoms with E-state index in [2.05, 4.69) is 4.98 Å². The molecule has 3 rings (SSSR count). The zero-order chi connectivity index (χ0) is 14.3. The lowest BCUT2D eigenvalue weighted by Crippen LogP contribution is -2.21. The topological polar surface area (TPSA) is 49.0 Å². The molecular formula is C15H15N3O2. The van der Waals surface area contributed by atoms with E-state index in [4.69, 9.17) is 4.74 Å². The van der Waals surface area contributed by atoms with Crippen LogP contribution in [-0.4, -0.2) is 21.2 Å². The van der Waals surface area contributed by atoms with E-state index in [-0.39, 0.29) is 5.69 Å². The molecule has 0 spiro atoms. The number of imidazole rings is 1. The molecule has 0 atom stereocenters.